The summed E-state index contributed by atoms with van der Waals surface area (Å²) >= 11 is 0. The SMILES string of the molecule is CCOP(C)(=O)c1ccc(C(C)(C)C(C)=O)cc1. The van der Waals surface area contributed by atoms with E-state index >= 15 is 0 Å². The minimum Gasteiger partial charge on any atom is -0.326 e. The quantitative estimate of drug-likeness (QED) is 0.771. The average Bonchev–Trinajstić information content (AvgIpc) is 2.29. The molecule has 0 fully saturated rings. The summed E-state index contributed by atoms with van der Waals surface area (Å²) in [5.41, 5.74) is 0.414. The van der Waals surface area contributed by atoms with Crippen LogP contribution in [0.5, 0.6) is 0 Å². The molecule has 0 heterocycles. The summed E-state index contributed by atoms with van der Waals surface area (Å²) in [6.07, 6.45) is 0. The molecule has 100 valence electrons. The fourth-order valence-corrected chi connectivity index (χ4v) is 3.01. The van der Waals surface area contributed by atoms with E-state index in [4.69, 9.17) is 4.52 Å². The largest absolute Gasteiger partial charge is 0.326 e. The number of benzene rings is 1. The van der Waals surface area contributed by atoms with Gasteiger partial charge >= 0.3 is 0 Å². The molecule has 0 aromatic heterocycles. The number of ketones is 1. The van der Waals surface area contributed by atoms with Crippen LogP contribution in [-0.2, 0) is 19.3 Å². The first-order chi connectivity index (χ1) is 8.21. The molecular weight excluding hydrogens is 247 g/mol. The average molecular weight is 268 g/mol. The zero-order valence-electron chi connectivity index (χ0n) is 11.7. The first-order valence-corrected chi connectivity index (χ1v) is 8.13. The van der Waals surface area contributed by atoms with Crippen molar-refractivity contribution in [2.75, 3.05) is 13.3 Å². The van der Waals surface area contributed by atoms with Gasteiger partial charge in [-0.3, -0.25) is 9.36 Å². The number of Topliss-reactive ketones (excluding diaryl/α,β-unsaturated/α-hetero) is 1. The highest BCUT2D eigenvalue weighted by Crippen LogP contribution is 2.41. The highest BCUT2D eigenvalue weighted by molar-refractivity contribution is 7.66. The van der Waals surface area contributed by atoms with Crippen molar-refractivity contribution in [2.45, 2.75) is 33.1 Å². The molecule has 1 aromatic carbocycles. The summed E-state index contributed by atoms with van der Waals surface area (Å²) < 4.78 is 17.5. The number of carbonyl (C=O) groups is 1. The molecule has 3 nitrogen and oxygen atoms in total. The highest BCUT2D eigenvalue weighted by atomic mass is 31.2. The Morgan fingerprint density at radius 2 is 1.78 bits per heavy atom. The van der Waals surface area contributed by atoms with Crippen LogP contribution in [0, 0.1) is 0 Å². The summed E-state index contributed by atoms with van der Waals surface area (Å²) in [4.78, 5) is 11.6. The summed E-state index contributed by atoms with van der Waals surface area (Å²) in [7, 11) is -2.73. The Labute approximate surface area is 109 Å². The van der Waals surface area contributed by atoms with Gasteiger partial charge in [0, 0.05) is 17.4 Å². The molecule has 1 rings (SSSR count). The van der Waals surface area contributed by atoms with Gasteiger partial charge in [-0.1, -0.05) is 12.1 Å². The molecule has 1 atom stereocenters. The van der Waals surface area contributed by atoms with E-state index in [9.17, 15) is 9.36 Å². The molecule has 0 spiro atoms. The predicted molar refractivity (Wildman–Crippen MR) is 74.9 cm³/mol. The van der Waals surface area contributed by atoms with Crippen molar-refractivity contribution in [3.05, 3.63) is 29.8 Å². The van der Waals surface area contributed by atoms with Gasteiger partial charge in [0.2, 0.25) is 7.37 Å². The monoisotopic (exact) mass is 268 g/mol. The summed E-state index contributed by atoms with van der Waals surface area (Å²) in [5.74, 6) is 0.111. The molecule has 4 heteroatoms. The van der Waals surface area contributed by atoms with Crippen molar-refractivity contribution < 1.29 is 13.9 Å². The van der Waals surface area contributed by atoms with Crippen LogP contribution < -0.4 is 5.30 Å². The molecule has 0 N–H and O–H groups in total. The molecule has 0 aliphatic rings. The number of carbonyl (C=O) groups excluding carboxylic acids is 1. The van der Waals surface area contributed by atoms with Gasteiger partial charge in [-0.05, 0) is 45.4 Å². The van der Waals surface area contributed by atoms with Gasteiger partial charge in [0.1, 0.15) is 5.78 Å². The number of rotatable bonds is 5. The maximum Gasteiger partial charge on any atom is 0.229 e. The van der Waals surface area contributed by atoms with E-state index in [-0.39, 0.29) is 5.78 Å². The van der Waals surface area contributed by atoms with Crippen molar-refractivity contribution in [1.29, 1.82) is 0 Å². The normalized spacial score (nSPS) is 15.2. The Bertz CT molecular complexity index is 474. The van der Waals surface area contributed by atoms with Crippen LogP contribution in [0.3, 0.4) is 0 Å². The minimum atomic E-state index is -2.73. The predicted octanol–water partition coefficient (Wildman–Crippen LogP) is 3.12. The Hall–Kier alpha value is -0.920. The van der Waals surface area contributed by atoms with Gasteiger partial charge < -0.3 is 4.52 Å². The summed E-state index contributed by atoms with van der Waals surface area (Å²) in [6, 6.07) is 7.28. The zero-order chi connectivity index (χ0) is 14.0. The molecule has 0 aliphatic heterocycles. The first kappa shape index (κ1) is 15.1. The van der Waals surface area contributed by atoms with Crippen molar-refractivity contribution >= 4 is 18.5 Å². The van der Waals surface area contributed by atoms with Gasteiger partial charge in [0.25, 0.3) is 0 Å². The molecule has 0 radical (unpaired) electrons. The first-order valence-electron chi connectivity index (χ1n) is 6.06. The Morgan fingerprint density at radius 3 is 2.17 bits per heavy atom. The Kier molecular flexibility index (Phi) is 4.52. The lowest BCUT2D eigenvalue weighted by atomic mass is 9.81. The molecular formula is C14H21O3P. The lowest BCUT2D eigenvalue weighted by Gasteiger charge is -2.22. The van der Waals surface area contributed by atoms with Crippen molar-refractivity contribution in [1.82, 2.24) is 0 Å². The fourth-order valence-electron chi connectivity index (χ4n) is 1.67. The molecule has 0 saturated carbocycles. The third-order valence-corrected chi connectivity index (χ3v) is 5.30. The van der Waals surface area contributed by atoms with Gasteiger partial charge in [0.15, 0.2) is 0 Å². The van der Waals surface area contributed by atoms with E-state index in [0.29, 0.717) is 11.9 Å². The van der Waals surface area contributed by atoms with Crippen molar-refractivity contribution in [3.63, 3.8) is 0 Å². The second kappa shape index (κ2) is 5.38. The van der Waals surface area contributed by atoms with E-state index in [1.807, 2.05) is 32.9 Å². The summed E-state index contributed by atoms with van der Waals surface area (Å²) in [6.45, 7) is 9.22. The molecule has 0 bridgehead atoms. The second-order valence-corrected chi connectivity index (χ2v) is 7.46. The molecule has 0 amide bonds. The van der Waals surface area contributed by atoms with E-state index in [2.05, 4.69) is 0 Å². The minimum absolute atomic E-state index is 0.111. The maximum absolute atomic E-state index is 12.2. The third kappa shape index (κ3) is 3.09. The lowest BCUT2D eigenvalue weighted by Crippen LogP contribution is -2.26. The van der Waals surface area contributed by atoms with E-state index in [0.717, 1.165) is 5.56 Å². The topological polar surface area (TPSA) is 43.4 Å². The van der Waals surface area contributed by atoms with Crippen LogP contribution in [0.15, 0.2) is 24.3 Å². The zero-order valence-corrected chi connectivity index (χ0v) is 12.6. The van der Waals surface area contributed by atoms with Crippen molar-refractivity contribution in [3.8, 4) is 0 Å². The molecule has 1 unspecified atom stereocenters. The van der Waals surface area contributed by atoms with Crippen LogP contribution in [0.4, 0.5) is 0 Å². The smallest absolute Gasteiger partial charge is 0.229 e. The molecule has 1 aromatic rings. The molecule has 0 aliphatic carbocycles. The van der Waals surface area contributed by atoms with Gasteiger partial charge in [0.05, 0.1) is 6.61 Å². The summed E-state index contributed by atoms with van der Waals surface area (Å²) in [5, 5.41) is 0.687. The Morgan fingerprint density at radius 1 is 1.28 bits per heavy atom. The van der Waals surface area contributed by atoms with Gasteiger partial charge in [-0.2, -0.15) is 0 Å². The van der Waals surface area contributed by atoms with Gasteiger partial charge in [-0.15, -0.1) is 0 Å². The van der Waals surface area contributed by atoms with Crippen molar-refractivity contribution in [2.24, 2.45) is 0 Å². The standard InChI is InChI=1S/C14H21O3P/c1-6-17-18(5,16)13-9-7-12(8-10-13)14(3,4)11(2)15/h7-10H,6H2,1-5H3. The Balaban J connectivity index is 3.08. The van der Waals surface area contributed by atoms with Crippen LogP contribution in [0.2, 0.25) is 0 Å². The van der Waals surface area contributed by atoms with Gasteiger partial charge in [-0.25, -0.2) is 0 Å². The number of hydrogen-bond donors (Lipinski definition) is 0. The van der Waals surface area contributed by atoms with E-state index < -0.39 is 12.8 Å². The van der Waals surface area contributed by atoms with Crippen LogP contribution in [-0.4, -0.2) is 19.1 Å². The maximum atomic E-state index is 12.2. The fraction of sp³-hybridized carbons (Fsp3) is 0.500. The third-order valence-electron chi connectivity index (χ3n) is 3.31. The lowest BCUT2D eigenvalue weighted by molar-refractivity contribution is -0.121. The molecule has 18 heavy (non-hydrogen) atoms. The van der Waals surface area contributed by atoms with E-state index in [1.54, 1.807) is 25.7 Å². The number of hydrogen-bond acceptors (Lipinski definition) is 3. The van der Waals surface area contributed by atoms with Crippen LogP contribution in [0.25, 0.3) is 0 Å². The molecule has 0 saturated heterocycles. The van der Waals surface area contributed by atoms with E-state index in [1.165, 1.54) is 0 Å². The second-order valence-electron chi connectivity index (χ2n) is 4.99. The highest BCUT2D eigenvalue weighted by Gasteiger charge is 2.27. The van der Waals surface area contributed by atoms with Crippen LogP contribution >= 0.6 is 7.37 Å². The van der Waals surface area contributed by atoms with Crippen LogP contribution in [0.1, 0.15) is 33.3 Å².